The number of phenolic OH excluding ortho intramolecular Hbond substituents is 1. The van der Waals surface area contributed by atoms with Crippen molar-refractivity contribution in [2.75, 3.05) is 0 Å². The summed E-state index contributed by atoms with van der Waals surface area (Å²) in [5.41, 5.74) is 3.60. The van der Waals surface area contributed by atoms with Crippen LogP contribution in [0, 0.1) is 3.82 Å². The Balaban J connectivity index is 2.00. The van der Waals surface area contributed by atoms with Gasteiger partial charge in [0.1, 0.15) is 9.57 Å². The Kier molecular flexibility index (Phi) is 3.96. The average Bonchev–Trinajstić information content (AvgIpc) is 2.84. The Labute approximate surface area is 130 Å². The molecule has 3 aromatic rings. The maximum Gasteiger partial charge on any atom is 0.115 e. The SMILES string of the molecule is Oc1ccc(Cc2c(-c3ccccc3)ssc2=S)cc1. The van der Waals surface area contributed by atoms with Gasteiger partial charge in [-0.15, -0.1) is 0 Å². The molecular formula is C16H12OS3. The lowest BCUT2D eigenvalue weighted by atomic mass is 10.0. The zero-order valence-corrected chi connectivity index (χ0v) is 13.0. The van der Waals surface area contributed by atoms with E-state index in [1.165, 1.54) is 16.0 Å². The molecule has 0 bridgehead atoms. The number of hydrogen-bond donors (Lipinski definition) is 1. The van der Waals surface area contributed by atoms with Crippen molar-refractivity contribution in [3.05, 3.63) is 69.5 Å². The van der Waals surface area contributed by atoms with Gasteiger partial charge in [-0.2, -0.15) is 0 Å². The van der Waals surface area contributed by atoms with Crippen molar-refractivity contribution in [2.24, 2.45) is 0 Å². The molecule has 0 aliphatic heterocycles. The Hall–Kier alpha value is -1.49. The second kappa shape index (κ2) is 5.87. The molecule has 0 atom stereocenters. The zero-order chi connectivity index (χ0) is 13.9. The van der Waals surface area contributed by atoms with Crippen LogP contribution < -0.4 is 0 Å². The monoisotopic (exact) mass is 316 g/mol. The molecule has 20 heavy (non-hydrogen) atoms. The molecule has 0 spiro atoms. The Morgan fingerprint density at radius 3 is 2.30 bits per heavy atom. The summed E-state index contributed by atoms with van der Waals surface area (Å²) in [6, 6.07) is 17.7. The van der Waals surface area contributed by atoms with E-state index in [9.17, 15) is 5.11 Å². The van der Waals surface area contributed by atoms with Crippen molar-refractivity contribution >= 4 is 32.9 Å². The molecule has 0 fully saturated rings. The molecule has 1 nitrogen and oxygen atoms in total. The van der Waals surface area contributed by atoms with Crippen molar-refractivity contribution < 1.29 is 5.11 Å². The third kappa shape index (κ3) is 2.82. The van der Waals surface area contributed by atoms with Gasteiger partial charge in [-0.05, 0) is 23.3 Å². The van der Waals surface area contributed by atoms with E-state index in [2.05, 4.69) is 12.1 Å². The molecule has 1 heterocycles. The van der Waals surface area contributed by atoms with Crippen molar-refractivity contribution in [1.29, 1.82) is 0 Å². The highest BCUT2D eigenvalue weighted by atomic mass is 32.9. The largest absolute Gasteiger partial charge is 0.508 e. The second-order valence-electron chi connectivity index (χ2n) is 4.47. The molecule has 0 unspecified atom stereocenters. The predicted molar refractivity (Wildman–Crippen MR) is 89.4 cm³/mol. The summed E-state index contributed by atoms with van der Waals surface area (Å²) < 4.78 is 0.960. The van der Waals surface area contributed by atoms with Gasteiger partial charge in [0.25, 0.3) is 0 Å². The molecule has 0 amide bonds. The van der Waals surface area contributed by atoms with Gasteiger partial charge in [0, 0.05) is 12.0 Å². The molecule has 0 aliphatic rings. The normalized spacial score (nSPS) is 10.6. The first-order valence-electron chi connectivity index (χ1n) is 6.19. The van der Waals surface area contributed by atoms with E-state index in [4.69, 9.17) is 12.2 Å². The molecule has 4 heteroatoms. The third-order valence-corrected chi connectivity index (χ3v) is 6.27. The molecule has 0 saturated carbocycles. The van der Waals surface area contributed by atoms with Gasteiger partial charge in [-0.1, -0.05) is 75.4 Å². The summed E-state index contributed by atoms with van der Waals surface area (Å²) >= 11 is 5.48. The number of rotatable bonds is 3. The number of benzene rings is 2. The van der Waals surface area contributed by atoms with Gasteiger partial charge in [-0.3, -0.25) is 0 Å². The lowest BCUT2D eigenvalue weighted by molar-refractivity contribution is 0.475. The molecular weight excluding hydrogens is 304 g/mol. The smallest absolute Gasteiger partial charge is 0.115 e. The fraction of sp³-hybridized carbons (Fsp3) is 0.0625. The van der Waals surface area contributed by atoms with Crippen LogP contribution in [-0.4, -0.2) is 5.11 Å². The number of aromatic hydroxyl groups is 1. The topological polar surface area (TPSA) is 20.2 Å². The van der Waals surface area contributed by atoms with E-state index < -0.39 is 0 Å². The zero-order valence-electron chi connectivity index (χ0n) is 10.6. The molecule has 100 valence electrons. The van der Waals surface area contributed by atoms with E-state index in [1.54, 1.807) is 32.8 Å². The van der Waals surface area contributed by atoms with Crippen LogP contribution in [0.3, 0.4) is 0 Å². The molecule has 0 aliphatic carbocycles. The van der Waals surface area contributed by atoms with Crippen molar-refractivity contribution in [3.63, 3.8) is 0 Å². The van der Waals surface area contributed by atoms with Crippen LogP contribution >= 0.6 is 32.9 Å². The van der Waals surface area contributed by atoms with Gasteiger partial charge >= 0.3 is 0 Å². The maximum atomic E-state index is 9.35. The summed E-state index contributed by atoms with van der Waals surface area (Å²) in [6.45, 7) is 0. The van der Waals surface area contributed by atoms with Gasteiger partial charge in [0.05, 0.1) is 4.88 Å². The minimum atomic E-state index is 0.295. The van der Waals surface area contributed by atoms with Crippen molar-refractivity contribution in [2.45, 2.75) is 6.42 Å². The highest BCUT2D eigenvalue weighted by molar-refractivity contribution is 7.80. The van der Waals surface area contributed by atoms with E-state index >= 15 is 0 Å². The van der Waals surface area contributed by atoms with Gasteiger partial charge in [-0.25, -0.2) is 0 Å². The summed E-state index contributed by atoms with van der Waals surface area (Å²) in [5, 5.41) is 9.35. The quantitative estimate of drug-likeness (QED) is 0.508. The predicted octanol–water partition coefficient (Wildman–Crippen LogP) is 5.50. The number of hydrogen-bond acceptors (Lipinski definition) is 4. The fourth-order valence-corrected chi connectivity index (χ4v) is 4.97. The average molecular weight is 316 g/mol. The Bertz CT molecular complexity index is 754. The van der Waals surface area contributed by atoms with Gasteiger partial charge < -0.3 is 5.11 Å². The van der Waals surface area contributed by atoms with E-state index in [0.717, 1.165) is 15.8 Å². The van der Waals surface area contributed by atoms with Crippen LogP contribution in [0.5, 0.6) is 5.75 Å². The van der Waals surface area contributed by atoms with Crippen LogP contribution in [0.4, 0.5) is 0 Å². The second-order valence-corrected chi connectivity index (χ2v) is 7.29. The molecule has 0 saturated heterocycles. The van der Waals surface area contributed by atoms with Crippen LogP contribution in [-0.2, 0) is 6.42 Å². The minimum Gasteiger partial charge on any atom is -0.508 e. The highest BCUT2D eigenvalue weighted by Gasteiger charge is 2.11. The molecule has 0 radical (unpaired) electrons. The van der Waals surface area contributed by atoms with Crippen molar-refractivity contribution in [3.8, 4) is 16.2 Å². The Morgan fingerprint density at radius 1 is 0.900 bits per heavy atom. The fourth-order valence-electron chi connectivity index (χ4n) is 2.06. The van der Waals surface area contributed by atoms with Crippen LogP contribution in [0.1, 0.15) is 11.1 Å². The van der Waals surface area contributed by atoms with Gasteiger partial charge in [0.15, 0.2) is 0 Å². The summed E-state index contributed by atoms with van der Waals surface area (Å²) in [5.74, 6) is 0.295. The standard InChI is InChI=1S/C16H12OS3/c17-13-8-6-11(7-9-13)10-14-15(19-20-16(14)18)12-4-2-1-3-5-12/h1-9,17H,10H2. The molecule has 1 aromatic heterocycles. The summed E-state index contributed by atoms with van der Waals surface area (Å²) in [4.78, 5) is 1.26. The summed E-state index contributed by atoms with van der Waals surface area (Å²) in [7, 11) is 3.40. The first-order valence-corrected chi connectivity index (χ1v) is 8.75. The first kappa shape index (κ1) is 13.5. The maximum absolute atomic E-state index is 9.35. The van der Waals surface area contributed by atoms with E-state index in [1.807, 2.05) is 30.3 Å². The van der Waals surface area contributed by atoms with Crippen LogP contribution in [0.2, 0.25) is 0 Å². The highest BCUT2D eigenvalue weighted by Crippen LogP contribution is 2.35. The summed E-state index contributed by atoms with van der Waals surface area (Å²) in [6.07, 6.45) is 0.809. The molecule has 3 rings (SSSR count). The minimum absolute atomic E-state index is 0.295. The lowest BCUT2D eigenvalue weighted by Gasteiger charge is -2.04. The van der Waals surface area contributed by atoms with E-state index in [0.29, 0.717) is 5.75 Å². The van der Waals surface area contributed by atoms with Crippen LogP contribution in [0.15, 0.2) is 54.6 Å². The number of phenols is 1. The molecule has 1 N–H and O–H groups in total. The third-order valence-electron chi connectivity index (χ3n) is 3.07. The Morgan fingerprint density at radius 2 is 1.60 bits per heavy atom. The molecule has 2 aromatic carbocycles. The van der Waals surface area contributed by atoms with Gasteiger partial charge in [0.2, 0.25) is 0 Å². The lowest BCUT2D eigenvalue weighted by Crippen LogP contribution is -1.88. The van der Waals surface area contributed by atoms with E-state index in [-0.39, 0.29) is 0 Å². The van der Waals surface area contributed by atoms with Crippen molar-refractivity contribution in [1.82, 2.24) is 0 Å². The first-order chi connectivity index (χ1) is 9.74. The van der Waals surface area contributed by atoms with Crippen LogP contribution in [0.25, 0.3) is 10.4 Å².